The number of rotatable bonds is 47. The Labute approximate surface area is 833 Å². The molecule has 4 atom stereocenters. The maximum absolute atomic E-state index is 13.9. The number of unbranched alkanes of at least 4 members (excludes halogenated alkanes) is 1. The van der Waals surface area contributed by atoms with E-state index in [1.165, 1.54) is 24.5 Å². The number of benzene rings is 5. The van der Waals surface area contributed by atoms with E-state index in [1.54, 1.807) is 115 Å². The third-order valence-electron chi connectivity index (χ3n) is 21.8. The number of carbonyl (C=O) groups is 6. The van der Waals surface area contributed by atoms with Gasteiger partial charge in [0.15, 0.2) is 31.0 Å². The third kappa shape index (κ3) is 39.8. The Kier molecular flexibility index (Phi) is 40.8. The molecule has 1 aliphatic rings. The SMILES string of the molecule is CP(=O)(O)c1cc(C#Cc2ccc(OCC(=O)NCCCS(=O)(=O)O)cc2)cc(CN2CCN(Cc3cc(C#Cc4ccc(OCC(=O)NCCCS(=O)(=O)O)cc4)cc(P(C)(=O)O)n3)C[C@H](CCCCNC(=O)CCCC(=O)NCc3ccc(C(=O)NCc4ccc(COc5nc(N)nc6[nH]cnc56)cc4)cc3)N(Cc3cc(C#Cc4ccc(OCC(=O)NCCCS(=O)(=O)O)cc4)cc(P(C)(=O)O)n3)CC2)n1. The molecular weight excluding hydrogens is 1980 g/mol. The summed E-state index contributed by atoms with van der Waals surface area (Å²) in [6.07, 6.45) is 3.15. The van der Waals surface area contributed by atoms with Gasteiger partial charge >= 0.3 is 0 Å². The van der Waals surface area contributed by atoms with E-state index in [-0.39, 0.29) is 176 Å². The maximum atomic E-state index is 13.9. The lowest BCUT2D eigenvalue weighted by Gasteiger charge is -2.35. The molecule has 0 spiro atoms. The molecule has 0 saturated carbocycles. The summed E-state index contributed by atoms with van der Waals surface area (Å²) in [5.41, 5.74) is 12.6. The molecule has 5 aromatic heterocycles. The molecular formula is C96H112N17O25P3S3. The molecule has 10 aromatic rings. The summed E-state index contributed by atoms with van der Waals surface area (Å²) in [6, 6.07) is 42.5. The van der Waals surface area contributed by atoms with Gasteiger partial charge in [-0.3, -0.25) is 70.8 Å². The Bertz CT molecular complexity index is 6930. The molecule has 1 fully saturated rings. The average molecular weight is 2090 g/mol. The van der Waals surface area contributed by atoms with E-state index in [4.69, 9.17) is 53.3 Å². The Hall–Kier alpha value is -13.2. The lowest BCUT2D eigenvalue weighted by molar-refractivity contribution is -0.124. The number of pyridine rings is 3. The number of fused-ring (bicyclic) bond motifs is 1. The molecule has 0 bridgehead atoms. The maximum Gasteiger partial charge on any atom is 0.264 e. The number of aromatic amines is 1. The Morgan fingerprint density at radius 3 is 1.26 bits per heavy atom. The van der Waals surface area contributed by atoms with Gasteiger partial charge in [-0.25, -0.2) is 19.9 Å². The predicted octanol–water partition coefficient (Wildman–Crippen LogP) is 4.69. The van der Waals surface area contributed by atoms with Crippen molar-refractivity contribution in [3.05, 3.63) is 237 Å². The summed E-state index contributed by atoms with van der Waals surface area (Å²) in [7, 11) is -25.0. The number of amides is 6. The number of nitrogens with zero attached hydrogens (tertiary/aromatic N) is 9. The second-order valence-corrected chi connectivity index (χ2v) is 45.4. The predicted molar refractivity (Wildman–Crippen MR) is 537 cm³/mol. The van der Waals surface area contributed by atoms with Crippen LogP contribution in [0.4, 0.5) is 5.95 Å². The number of nitrogens with two attached hydrogens (primary N) is 1. The smallest absolute Gasteiger partial charge is 0.264 e. The van der Waals surface area contributed by atoms with Crippen LogP contribution in [0.3, 0.4) is 0 Å². The summed E-state index contributed by atoms with van der Waals surface area (Å²) < 4.78 is 158. The van der Waals surface area contributed by atoms with E-state index < -0.39 is 113 Å². The molecule has 48 heteroatoms. The zero-order chi connectivity index (χ0) is 104. The first-order valence-electron chi connectivity index (χ1n) is 45.5. The van der Waals surface area contributed by atoms with Crippen LogP contribution < -0.4 is 72.9 Å². The molecule has 764 valence electrons. The third-order valence-corrected chi connectivity index (χ3v) is 27.4. The van der Waals surface area contributed by atoms with Crippen LogP contribution >= 0.6 is 22.1 Å². The van der Waals surface area contributed by atoms with Gasteiger partial charge < -0.3 is 76.2 Å². The highest BCUT2D eigenvalue weighted by Crippen LogP contribution is 2.36. The van der Waals surface area contributed by atoms with Crippen molar-refractivity contribution in [3.8, 4) is 58.7 Å². The number of nitrogens with one attached hydrogen (secondary N) is 7. The van der Waals surface area contributed by atoms with Crippen LogP contribution in [0.25, 0.3) is 11.2 Å². The van der Waals surface area contributed by atoms with Gasteiger partial charge in [-0.1, -0.05) is 78.3 Å². The number of anilines is 1. The normalized spacial score (nSPS) is 14.4. The van der Waals surface area contributed by atoms with E-state index in [0.717, 1.165) is 36.7 Å². The topological polar surface area (TPSA) is 615 Å². The molecule has 3 unspecified atom stereocenters. The van der Waals surface area contributed by atoms with Gasteiger partial charge in [0.2, 0.25) is 45.7 Å². The second kappa shape index (κ2) is 52.9. The van der Waals surface area contributed by atoms with Gasteiger partial charge in [-0.15, -0.1) is 0 Å². The number of hydrogen-bond acceptors (Lipinski definition) is 29. The fourth-order valence-corrected chi connectivity index (χ4v) is 18.0. The van der Waals surface area contributed by atoms with Crippen LogP contribution in [0.5, 0.6) is 23.1 Å². The van der Waals surface area contributed by atoms with E-state index >= 15 is 0 Å². The van der Waals surface area contributed by atoms with Crippen LogP contribution in [0.1, 0.15) is 135 Å². The number of H-pyrrole nitrogens is 1. The van der Waals surface area contributed by atoms with Crippen molar-refractivity contribution in [2.24, 2.45) is 0 Å². The molecule has 11 rings (SSSR count). The average Bonchev–Trinajstić information content (AvgIpc) is 1.35. The van der Waals surface area contributed by atoms with Gasteiger partial charge in [0.05, 0.1) is 40.7 Å². The van der Waals surface area contributed by atoms with Crippen molar-refractivity contribution in [2.45, 2.75) is 103 Å². The molecule has 0 aliphatic carbocycles. The van der Waals surface area contributed by atoms with E-state index in [2.05, 4.69) is 102 Å². The number of hydrogen-bond donors (Lipinski definition) is 14. The molecule has 1 aliphatic heterocycles. The first-order valence-corrected chi connectivity index (χ1v) is 56.6. The minimum Gasteiger partial charge on any atom is -0.484 e. The summed E-state index contributed by atoms with van der Waals surface area (Å²) >= 11 is 0. The van der Waals surface area contributed by atoms with Gasteiger partial charge in [0, 0.05) is 169 Å². The highest BCUT2D eigenvalue weighted by molar-refractivity contribution is 7.86. The summed E-state index contributed by atoms with van der Waals surface area (Å²) in [5, 5.41) is 16.4. The minimum absolute atomic E-state index is 0.0147. The monoisotopic (exact) mass is 2090 g/mol. The molecule has 144 heavy (non-hydrogen) atoms. The quantitative estimate of drug-likeness (QED) is 0.0106. The standard InChI is InChI=1S/C96H112N17O25P3S3/c1-139(120,121)89-53-73(20-13-67-25-33-81(34-26-67)135-63-86(116)99-40-7-47-142(126,127)128)50-77(106-89)58-111-43-44-112(59-78-51-74(54-90(107-78)140(2,122)123)21-14-68-27-35-82(36-28-68)136-64-87(117)100-41-8-48-143(129,130)131)61-80(113(46-45-111)60-79-52-75(55-91(108-79)141(3,124)125)22-15-69-29-37-83(38-30-69)137-65-88(118)101-42-9-49-144(132,133)134)10-4-5-39-98-84(114)11-6-12-85(115)102-56-71-23-31-76(32-24-71)94(119)103-57-70-16-18-72(19-17-70)62-138-95-92-93(105-66-104-92)109-96(97)110-95/h16-19,23-38,50-55,66,80H,4-12,39-49,56-65H2,1-3H3,(H,98,114)(H,99,116)(H,100,117)(H,101,118)(H,102,115)(H,103,119)(H,120,121)(H,122,123)(H,124,125)(H,126,127,128)(H,129,130,131)(H,132,133,134)(H3,97,104,105,109,110)/t80-/m0/s1. The zero-order valence-corrected chi connectivity index (χ0v) is 84.1. The lowest BCUT2D eigenvalue weighted by atomic mass is 10.1. The second-order valence-electron chi connectivity index (χ2n) is 34.0. The summed E-state index contributed by atoms with van der Waals surface area (Å²) in [5.74, 6) is 15.7. The fourth-order valence-electron chi connectivity index (χ4n) is 14.4. The first-order chi connectivity index (χ1) is 68.4. The zero-order valence-electron chi connectivity index (χ0n) is 79.0. The fraction of sp³-hybridized carbons (Fsp3) is 0.354. The number of imidazole rings is 1. The molecule has 42 nitrogen and oxygen atoms in total. The Morgan fingerprint density at radius 1 is 0.431 bits per heavy atom. The van der Waals surface area contributed by atoms with Gasteiger partial charge in [-0.05, 0) is 177 Å². The van der Waals surface area contributed by atoms with E-state index in [1.807, 2.05) is 24.3 Å². The van der Waals surface area contributed by atoms with Crippen LogP contribution in [0.2, 0.25) is 0 Å². The molecule has 5 aromatic carbocycles. The van der Waals surface area contributed by atoms with Crippen molar-refractivity contribution in [1.29, 1.82) is 0 Å². The molecule has 1 saturated heterocycles. The van der Waals surface area contributed by atoms with Gasteiger partial charge in [0.1, 0.15) is 40.2 Å². The van der Waals surface area contributed by atoms with Gasteiger partial charge in [0.25, 0.3) is 54.0 Å². The highest BCUT2D eigenvalue weighted by Gasteiger charge is 2.30. The number of nitrogen functional groups attached to an aromatic ring is 1. The number of aromatic nitrogens is 7. The highest BCUT2D eigenvalue weighted by atomic mass is 32.2. The van der Waals surface area contributed by atoms with Crippen molar-refractivity contribution in [2.75, 3.05) is 122 Å². The number of carbonyl (C=O) groups excluding carboxylic acids is 6. The van der Waals surface area contributed by atoms with Crippen LogP contribution in [-0.2, 0) is 107 Å². The largest absolute Gasteiger partial charge is 0.484 e. The van der Waals surface area contributed by atoms with Crippen molar-refractivity contribution in [1.82, 2.24) is 81.5 Å². The van der Waals surface area contributed by atoms with Crippen molar-refractivity contribution < 1.29 is 115 Å². The minimum atomic E-state index is -4.22. The van der Waals surface area contributed by atoms with E-state index in [9.17, 15) is 82.4 Å². The molecule has 15 N–H and O–H groups in total. The van der Waals surface area contributed by atoms with Gasteiger partial charge in [-0.2, -0.15) is 35.2 Å². The van der Waals surface area contributed by atoms with Crippen molar-refractivity contribution in [3.63, 3.8) is 0 Å². The Morgan fingerprint density at radius 2 is 0.812 bits per heavy atom. The first kappa shape index (κ1) is 111. The van der Waals surface area contributed by atoms with E-state index in [0.29, 0.717) is 110 Å². The summed E-state index contributed by atoms with van der Waals surface area (Å²) in [4.78, 5) is 147. The molecule has 6 amide bonds. The van der Waals surface area contributed by atoms with Crippen molar-refractivity contribution >= 4 is 121 Å². The lowest BCUT2D eigenvalue weighted by Crippen LogP contribution is -2.45. The number of ether oxygens (including phenoxy) is 4. The van der Waals surface area contributed by atoms with Crippen LogP contribution in [0, 0.1) is 35.5 Å². The van der Waals surface area contributed by atoms with Crippen LogP contribution in [-0.4, -0.2) is 261 Å². The summed E-state index contributed by atoms with van der Waals surface area (Å²) in [6.45, 7) is 4.60. The molecule has 0 radical (unpaired) electrons. The Balaban J connectivity index is 0.814. The molecule has 6 heterocycles. The van der Waals surface area contributed by atoms with Crippen LogP contribution in [0.15, 0.2) is 164 Å².